The standard InChI is InChI=1S/C25H19Cl2N3O4/c1-33-20-8-6-16(12-28)24(23(20)27)34-21-10-14(5-7-19(21)26)17-11-22(31)30(13-17)18-4-2-3-15(9-18)25(29)32/h2-10,17H,11,13H2,1H3,(H2,29,32)/t17-/m0/s1. The average molecular weight is 496 g/mol. The third-order valence-electron chi connectivity index (χ3n) is 5.61. The summed E-state index contributed by atoms with van der Waals surface area (Å²) in [4.78, 5) is 25.9. The van der Waals surface area contributed by atoms with E-state index >= 15 is 0 Å². The zero-order valence-electron chi connectivity index (χ0n) is 18.0. The van der Waals surface area contributed by atoms with Crippen molar-refractivity contribution in [3.05, 3.63) is 81.3 Å². The maximum Gasteiger partial charge on any atom is 0.248 e. The molecule has 0 saturated carbocycles. The molecule has 9 heteroatoms. The Morgan fingerprint density at radius 3 is 2.65 bits per heavy atom. The van der Waals surface area contributed by atoms with Gasteiger partial charge in [0.1, 0.15) is 22.6 Å². The van der Waals surface area contributed by atoms with Crippen molar-refractivity contribution < 1.29 is 19.1 Å². The van der Waals surface area contributed by atoms with E-state index in [9.17, 15) is 14.9 Å². The highest BCUT2D eigenvalue weighted by Gasteiger charge is 2.32. The Morgan fingerprint density at radius 1 is 1.15 bits per heavy atom. The molecule has 0 bridgehead atoms. The Kier molecular flexibility index (Phi) is 6.64. The molecular formula is C25H19Cl2N3O4. The number of methoxy groups -OCH3 is 1. The predicted octanol–water partition coefficient (Wildman–Crippen LogP) is 5.29. The average Bonchev–Trinajstić information content (AvgIpc) is 3.23. The lowest BCUT2D eigenvalue weighted by Crippen LogP contribution is -2.24. The number of hydrogen-bond acceptors (Lipinski definition) is 5. The number of carbonyl (C=O) groups excluding carboxylic acids is 2. The van der Waals surface area contributed by atoms with Crippen LogP contribution < -0.4 is 20.1 Å². The van der Waals surface area contributed by atoms with E-state index in [2.05, 4.69) is 0 Å². The number of benzene rings is 3. The van der Waals surface area contributed by atoms with Crippen LogP contribution in [0, 0.1) is 11.3 Å². The van der Waals surface area contributed by atoms with Crippen molar-refractivity contribution >= 4 is 40.7 Å². The first-order chi connectivity index (χ1) is 16.3. The first kappa shape index (κ1) is 23.4. The molecule has 0 radical (unpaired) electrons. The van der Waals surface area contributed by atoms with Gasteiger partial charge in [-0.25, -0.2) is 0 Å². The van der Waals surface area contributed by atoms with Gasteiger partial charge < -0.3 is 20.1 Å². The summed E-state index contributed by atoms with van der Waals surface area (Å²) in [7, 11) is 1.46. The van der Waals surface area contributed by atoms with Crippen LogP contribution in [0.1, 0.15) is 33.8 Å². The minimum atomic E-state index is -0.558. The monoisotopic (exact) mass is 495 g/mol. The van der Waals surface area contributed by atoms with Gasteiger partial charge >= 0.3 is 0 Å². The first-order valence-corrected chi connectivity index (χ1v) is 11.0. The number of carbonyl (C=O) groups is 2. The van der Waals surface area contributed by atoms with E-state index in [1.54, 1.807) is 53.4 Å². The van der Waals surface area contributed by atoms with Gasteiger partial charge in [-0.2, -0.15) is 5.26 Å². The molecular weight excluding hydrogens is 477 g/mol. The van der Waals surface area contributed by atoms with E-state index in [1.807, 2.05) is 12.1 Å². The van der Waals surface area contributed by atoms with Gasteiger partial charge in [0.25, 0.3) is 0 Å². The van der Waals surface area contributed by atoms with Crippen molar-refractivity contribution in [1.29, 1.82) is 5.26 Å². The molecule has 1 heterocycles. The van der Waals surface area contributed by atoms with E-state index in [0.29, 0.717) is 34.3 Å². The highest BCUT2D eigenvalue weighted by molar-refractivity contribution is 6.34. The maximum absolute atomic E-state index is 12.8. The second-order valence-electron chi connectivity index (χ2n) is 7.68. The fraction of sp³-hybridized carbons (Fsp3) is 0.160. The van der Waals surface area contributed by atoms with Crippen molar-refractivity contribution in [3.63, 3.8) is 0 Å². The number of amides is 2. The summed E-state index contributed by atoms with van der Waals surface area (Å²) in [6.07, 6.45) is 0.269. The van der Waals surface area contributed by atoms with E-state index in [0.717, 1.165) is 5.56 Å². The summed E-state index contributed by atoms with van der Waals surface area (Å²) < 4.78 is 11.2. The third-order valence-corrected chi connectivity index (χ3v) is 6.28. The molecule has 2 N–H and O–H groups in total. The Hall–Kier alpha value is -3.73. The molecule has 1 aliphatic rings. The molecule has 0 aromatic heterocycles. The van der Waals surface area contributed by atoms with Crippen molar-refractivity contribution in [1.82, 2.24) is 0 Å². The lowest BCUT2D eigenvalue weighted by atomic mass is 9.98. The number of hydrogen-bond donors (Lipinski definition) is 1. The largest absolute Gasteiger partial charge is 0.495 e. The number of anilines is 1. The summed E-state index contributed by atoms with van der Waals surface area (Å²) in [6, 6.07) is 17.1. The van der Waals surface area contributed by atoms with Crippen molar-refractivity contribution in [2.75, 3.05) is 18.6 Å². The predicted molar refractivity (Wildman–Crippen MR) is 129 cm³/mol. The van der Waals surface area contributed by atoms with Crippen molar-refractivity contribution in [3.8, 4) is 23.3 Å². The number of halogens is 2. The van der Waals surface area contributed by atoms with Crippen LogP contribution in [0.2, 0.25) is 10.0 Å². The molecule has 3 aromatic rings. The van der Waals surface area contributed by atoms with Crippen LogP contribution in [0.4, 0.5) is 5.69 Å². The molecule has 7 nitrogen and oxygen atoms in total. The molecule has 0 spiro atoms. The Balaban J connectivity index is 1.63. The van der Waals surface area contributed by atoms with Gasteiger partial charge in [-0.05, 0) is 48.0 Å². The second-order valence-corrected chi connectivity index (χ2v) is 8.47. The van der Waals surface area contributed by atoms with Crippen LogP contribution in [-0.2, 0) is 4.79 Å². The van der Waals surface area contributed by atoms with E-state index in [4.69, 9.17) is 38.4 Å². The molecule has 172 valence electrons. The summed E-state index contributed by atoms with van der Waals surface area (Å²) >= 11 is 12.7. The molecule has 4 rings (SSSR count). The molecule has 1 saturated heterocycles. The number of primary amides is 1. The van der Waals surface area contributed by atoms with Crippen LogP contribution in [0.25, 0.3) is 0 Å². The minimum Gasteiger partial charge on any atom is -0.495 e. The Labute approximate surface area is 206 Å². The highest BCUT2D eigenvalue weighted by atomic mass is 35.5. The van der Waals surface area contributed by atoms with Crippen LogP contribution >= 0.6 is 23.2 Å². The highest BCUT2D eigenvalue weighted by Crippen LogP contribution is 2.42. The summed E-state index contributed by atoms with van der Waals surface area (Å²) in [5, 5.41) is 9.94. The first-order valence-electron chi connectivity index (χ1n) is 10.3. The smallest absolute Gasteiger partial charge is 0.248 e. The van der Waals surface area contributed by atoms with Crippen LogP contribution in [0.3, 0.4) is 0 Å². The lowest BCUT2D eigenvalue weighted by molar-refractivity contribution is -0.117. The second kappa shape index (κ2) is 9.64. The number of nitrogens with two attached hydrogens (primary N) is 1. The summed E-state index contributed by atoms with van der Waals surface area (Å²) in [5.41, 5.74) is 7.37. The van der Waals surface area contributed by atoms with Gasteiger partial charge in [-0.3, -0.25) is 9.59 Å². The number of ether oxygens (including phenoxy) is 2. The van der Waals surface area contributed by atoms with Gasteiger partial charge in [-0.15, -0.1) is 0 Å². The van der Waals surface area contributed by atoms with Crippen molar-refractivity contribution in [2.45, 2.75) is 12.3 Å². The topological polar surface area (TPSA) is 106 Å². The molecule has 2 amide bonds. The van der Waals surface area contributed by atoms with E-state index < -0.39 is 5.91 Å². The summed E-state index contributed by atoms with van der Waals surface area (Å²) in [5.74, 6) is 0.0188. The number of nitrogens with zero attached hydrogens (tertiary/aromatic N) is 2. The van der Waals surface area contributed by atoms with Gasteiger partial charge in [0.05, 0.1) is 17.7 Å². The SMILES string of the molecule is COc1ccc(C#N)c(Oc2cc([C@H]3CC(=O)N(c4cccc(C(N)=O)c4)C3)ccc2Cl)c1Cl. The maximum atomic E-state index is 12.8. The summed E-state index contributed by atoms with van der Waals surface area (Å²) in [6.45, 7) is 0.408. The van der Waals surface area contributed by atoms with Gasteiger partial charge in [0, 0.05) is 30.1 Å². The van der Waals surface area contributed by atoms with Gasteiger partial charge in [0.15, 0.2) is 5.75 Å². The van der Waals surface area contributed by atoms with E-state index in [-0.39, 0.29) is 34.6 Å². The Bertz CT molecular complexity index is 1340. The van der Waals surface area contributed by atoms with Gasteiger partial charge in [-0.1, -0.05) is 35.3 Å². The quantitative estimate of drug-likeness (QED) is 0.500. The molecule has 1 aliphatic heterocycles. The molecule has 1 atom stereocenters. The molecule has 0 unspecified atom stereocenters. The van der Waals surface area contributed by atoms with Crippen molar-refractivity contribution in [2.24, 2.45) is 5.73 Å². The zero-order valence-corrected chi connectivity index (χ0v) is 19.6. The normalized spacial score (nSPS) is 15.2. The lowest BCUT2D eigenvalue weighted by Gasteiger charge is -2.18. The van der Waals surface area contributed by atoms with E-state index in [1.165, 1.54) is 7.11 Å². The number of nitriles is 1. The number of rotatable bonds is 6. The minimum absolute atomic E-state index is 0.0772. The fourth-order valence-corrected chi connectivity index (χ4v) is 4.29. The van der Waals surface area contributed by atoms with Crippen LogP contribution in [-0.4, -0.2) is 25.5 Å². The molecule has 3 aromatic carbocycles. The molecule has 1 fully saturated rings. The van der Waals surface area contributed by atoms with Crippen LogP contribution in [0.5, 0.6) is 17.2 Å². The fourth-order valence-electron chi connectivity index (χ4n) is 3.85. The van der Waals surface area contributed by atoms with Crippen LogP contribution in [0.15, 0.2) is 54.6 Å². The third kappa shape index (κ3) is 4.51. The Morgan fingerprint density at radius 2 is 1.94 bits per heavy atom. The zero-order chi connectivity index (χ0) is 24.4. The van der Waals surface area contributed by atoms with Gasteiger partial charge in [0.2, 0.25) is 11.8 Å². The molecule has 0 aliphatic carbocycles. The molecule has 34 heavy (non-hydrogen) atoms.